The molecule has 7 N–H and O–H groups in total. The molecule has 152 valence electrons. The summed E-state index contributed by atoms with van der Waals surface area (Å²) in [6.45, 7) is 2.75. The number of rotatable bonds is 12. The first-order chi connectivity index (χ1) is 12.4. The highest BCUT2D eigenvalue weighted by atomic mass is 35.5. The molecule has 0 rings (SSSR count). The van der Waals surface area contributed by atoms with Crippen LogP contribution in [-0.2, 0) is 28.8 Å². The average Bonchev–Trinajstić information content (AvgIpc) is 2.52. The number of carbonyl (C=O) groups is 6. The fourth-order valence-electron chi connectivity index (χ4n) is 1.89. The van der Waals surface area contributed by atoms with E-state index < -0.39 is 59.3 Å². The van der Waals surface area contributed by atoms with Gasteiger partial charge in [-0.15, -0.1) is 0 Å². The average molecular weight is 406 g/mol. The first-order valence-corrected chi connectivity index (χ1v) is 8.47. The highest BCUT2D eigenvalue weighted by molar-refractivity contribution is 6.63. The van der Waals surface area contributed by atoms with E-state index in [9.17, 15) is 28.8 Å². The van der Waals surface area contributed by atoms with Crippen LogP contribution in [0.15, 0.2) is 0 Å². The second-order valence-electron chi connectivity index (χ2n) is 5.86. The van der Waals surface area contributed by atoms with Gasteiger partial charge in [0.2, 0.25) is 34.8 Å². The van der Waals surface area contributed by atoms with E-state index in [-0.39, 0.29) is 19.3 Å². The van der Waals surface area contributed by atoms with Gasteiger partial charge in [-0.05, 0) is 31.9 Å². The van der Waals surface area contributed by atoms with Gasteiger partial charge in [0, 0.05) is 12.8 Å². The topological polar surface area (TPSA) is 191 Å². The standard InChI is InChI=1S/C15H24ClN5O6/c1-7(19-12(24)5-3-4-10(16)22)14(26)20-8(2)15(27)21-9(13(18)25)6-11(17)23/h7-9H,3-6H2,1-2H3,(H2,17,23)(H2,18,25)(H,19,24)(H,20,26)(H,21,27)/t7-,8+,9-/m0/s1. The van der Waals surface area contributed by atoms with Crippen molar-refractivity contribution in [1.29, 1.82) is 0 Å². The van der Waals surface area contributed by atoms with E-state index >= 15 is 0 Å². The molecule has 0 saturated carbocycles. The molecule has 11 nitrogen and oxygen atoms in total. The Bertz CT molecular complexity index is 612. The molecule has 0 aromatic heterocycles. The van der Waals surface area contributed by atoms with Crippen LogP contribution in [0.25, 0.3) is 0 Å². The lowest BCUT2D eigenvalue weighted by Gasteiger charge is -2.20. The molecule has 0 heterocycles. The summed E-state index contributed by atoms with van der Waals surface area (Å²) in [5.41, 5.74) is 10.0. The highest BCUT2D eigenvalue weighted by Gasteiger charge is 2.25. The van der Waals surface area contributed by atoms with Gasteiger partial charge in [0.15, 0.2) is 0 Å². The Kier molecular flexibility index (Phi) is 10.7. The van der Waals surface area contributed by atoms with Crippen molar-refractivity contribution in [1.82, 2.24) is 16.0 Å². The smallest absolute Gasteiger partial charge is 0.242 e. The zero-order valence-corrected chi connectivity index (χ0v) is 15.8. The largest absolute Gasteiger partial charge is 0.370 e. The Labute approximate surface area is 160 Å². The summed E-state index contributed by atoms with van der Waals surface area (Å²) in [5, 5.41) is 6.41. The molecule has 0 saturated heterocycles. The lowest BCUT2D eigenvalue weighted by Crippen LogP contribution is -2.55. The predicted octanol–water partition coefficient (Wildman–Crippen LogP) is -2.22. The van der Waals surface area contributed by atoms with Crippen LogP contribution in [-0.4, -0.2) is 52.9 Å². The monoisotopic (exact) mass is 405 g/mol. The maximum atomic E-state index is 12.0. The molecular formula is C15H24ClN5O6. The van der Waals surface area contributed by atoms with E-state index in [0.29, 0.717) is 0 Å². The van der Waals surface area contributed by atoms with E-state index in [4.69, 9.17) is 23.1 Å². The zero-order chi connectivity index (χ0) is 21.1. The molecule has 0 aliphatic carbocycles. The maximum Gasteiger partial charge on any atom is 0.242 e. The van der Waals surface area contributed by atoms with Gasteiger partial charge in [0.1, 0.15) is 18.1 Å². The summed E-state index contributed by atoms with van der Waals surface area (Å²) < 4.78 is 0. The molecule has 0 radical (unpaired) electrons. The number of amides is 5. The van der Waals surface area contributed by atoms with Gasteiger partial charge in [-0.2, -0.15) is 0 Å². The van der Waals surface area contributed by atoms with Crippen molar-refractivity contribution in [2.45, 2.75) is 57.7 Å². The SMILES string of the molecule is C[C@H](NC(=O)CCCC(=O)Cl)C(=O)N[C@H](C)C(=O)N[C@@H](CC(N)=O)C(N)=O. The molecule has 5 amide bonds. The van der Waals surface area contributed by atoms with Gasteiger partial charge in [0.05, 0.1) is 6.42 Å². The molecule has 3 atom stereocenters. The van der Waals surface area contributed by atoms with Crippen LogP contribution in [0.2, 0.25) is 0 Å². The third-order valence-corrected chi connectivity index (χ3v) is 3.55. The minimum atomic E-state index is -1.30. The maximum absolute atomic E-state index is 12.0. The minimum absolute atomic E-state index is 0.0134. The number of carbonyl (C=O) groups excluding carboxylic acids is 6. The Balaban J connectivity index is 4.50. The molecule has 0 aliphatic rings. The summed E-state index contributed by atoms with van der Waals surface area (Å²) in [4.78, 5) is 68.4. The number of hydrogen-bond donors (Lipinski definition) is 5. The number of hydrogen-bond acceptors (Lipinski definition) is 6. The highest BCUT2D eigenvalue weighted by Crippen LogP contribution is 2.00. The summed E-state index contributed by atoms with van der Waals surface area (Å²) in [6.07, 6.45) is -0.173. The predicted molar refractivity (Wildman–Crippen MR) is 94.9 cm³/mol. The van der Waals surface area contributed by atoms with E-state index in [1.807, 2.05) is 0 Å². The number of halogens is 1. The molecule has 0 fully saturated rings. The van der Waals surface area contributed by atoms with Crippen molar-refractivity contribution in [2.24, 2.45) is 11.5 Å². The van der Waals surface area contributed by atoms with Crippen molar-refractivity contribution in [2.75, 3.05) is 0 Å². The first-order valence-electron chi connectivity index (χ1n) is 8.10. The number of nitrogens with two attached hydrogens (primary N) is 2. The van der Waals surface area contributed by atoms with Crippen LogP contribution in [0.4, 0.5) is 0 Å². The summed E-state index contributed by atoms with van der Waals surface area (Å²) in [5.74, 6) is -3.64. The van der Waals surface area contributed by atoms with Gasteiger partial charge in [-0.25, -0.2) is 0 Å². The second kappa shape index (κ2) is 11.8. The third kappa shape index (κ3) is 10.8. The molecule has 27 heavy (non-hydrogen) atoms. The molecule has 0 bridgehead atoms. The van der Waals surface area contributed by atoms with Crippen LogP contribution in [0, 0.1) is 0 Å². The molecule has 0 spiro atoms. The van der Waals surface area contributed by atoms with Gasteiger partial charge in [-0.1, -0.05) is 0 Å². The molecule has 0 aromatic rings. The molecule has 0 aromatic carbocycles. The van der Waals surface area contributed by atoms with E-state index in [1.165, 1.54) is 13.8 Å². The lowest BCUT2D eigenvalue weighted by atomic mass is 10.1. The van der Waals surface area contributed by atoms with Crippen LogP contribution in [0.5, 0.6) is 0 Å². The zero-order valence-electron chi connectivity index (χ0n) is 15.0. The minimum Gasteiger partial charge on any atom is -0.370 e. The lowest BCUT2D eigenvalue weighted by molar-refractivity contribution is -0.133. The van der Waals surface area contributed by atoms with Gasteiger partial charge in [0.25, 0.3) is 0 Å². The van der Waals surface area contributed by atoms with Crippen LogP contribution in [0.3, 0.4) is 0 Å². The van der Waals surface area contributed by atoms with Crippen LogP contribution >= 0.6 is 11.6 Å². The Morgan fingerprint density at radius 2 is 1.37 bits per heavy atom. The van der Waals surface area contributed by atoms with Gasteiger partial charge < -0.3 is 27.4 Å². The molecule has 0 aliphatic heterocycles. The van der Waals surface area contributed by atoms with Crippen LogP contribution in [0.1, 0.15) is 39.5 Å². The summed E-state index contributed by atoms with van der Waals surface area (Å²) in [7, 11) is 0. The van der Waals surface area contributed by atoms with Crippen molar-refractivity contribution in [3.8, 4) is 0 Å². The van der Waals surface area contributed by atoms with Gasteiger partial charge in [-0.3, -0.25) is 28.8 Å². The summed E-state index contributed by atoms with van der Waals surface area (Å²) in [6, 6.07) is -3.31. The third-order valence-electron chi connectivity index (χ3n) is 3.37. The normalized spacial score (nSPS) is 13.6. The Hall–Kier alpha value is -2.69. The molecular weight excluding hydrogens is 382 g/mol. The fraction of sp³-hybridized carbons (Fsp3) is 0.600. The van der Waals surface area contributed by atoms with Crippen molar-refractivity contribution in [3.05, 3.63) is 0 Å². The number of primary amides is 2. The van der Waals surface area contributed by atoms with Crippen molar-refractivity contribution < 1.29 is 28.8 Å². The van der Waals surface area contributed by atoms with E-state index in [0.717, 1.165) is 0 Å². The Morgan fingerprint density at radius 1 is 0.852 bits per heavy atom. The van der Waals surface area contributed by atoms with E-state index in [2.05, 4.69) is 16.0 Å². The van der Waals surface area contributed by atoms with Crippen molar-refractivity contribution >= 4 is 46.4 Å². The fourth-order valence-corrected chi connectivity index (χ4v) is 2.03. The summed E-state index contributed by atoms with van der Waals surface area (Å²) >= 11 is 5.16. The van der Waals surface area contributed by atoms with E-state index in [1.54, 1.807) is 0 Å². The quantitative estimate of drug-likeness (QED) is 0.228. The Morgan fingerprint density at radius 3 is 1.85 bits per heavy atom. The molecule has 0 unspecified atom stereocenters. The van der Waals surface area contributed by atoms with Crippen molar-refractivity contribution in [3.63, 3.8) is 0 Å². The molecule has 12 heteroatoms. The van der Waals surface area contributed by atoms with Crippen LogP contribution < -0.4 is 27.4 Å². The number of nitrogens with one attached hydrogen (secondary N) is 3. The first kappa shape index (κ1) is 24.3. The van der Waals surface area contributed by atoms with Gasteiger partial charge >= 0.3 is 0 Å². The second-order valence-corrected chi connectivity index (χ2v) is 6.28.